The Bertz CT molecular complexity index is 1880. The highest BCUT2D eigenvalue weighted by Gasteiger charge is 2.18. The van der Waals surface area contributed by atoms with Gasteiger partial charge in [0, 0.05) is 32.9 Å². The summed E-state index contributed by atoms with van der Waals surface area (Å²) < 4.78 is 4.52. The van der Waals surface area contributed by atoms with Gasteiger partial charge in [0.05, 0.1) is 22.1 Å². The van der Waals surface area contributed by atoms with Crippen molar-refractivity contribution in [3.63, 3.8) is 0 Å². The molecule has 166 valence electrons. The van der Waals surface area contributed by atoms with Crippen LogP contribution in [0.4, 0.5) is 0 Å². The second kappa shape index (κ2) is 7.60. The summed E-state index contributed by atoms with van der Waals surface area (Å²) >= 11 is 0. The van der Waals surface area contributed by atoms with Crippen LogP contribution in [0.5, 0.6) is 0 Å². The van der Waals surface area contributed by atoms with Crippen molar-refractivity contribution in [3.05, 3.63) is 115 Å². The van der Waals surface area contributed by atoms with Crippen molar-refractivity contribution < 1.29 is 10.0 Å². The number of nitrogens with zero attached hydrogens (tertiary/aromatic N) is 2. The molecule has 4 nitrogen and oxygen atoms in total. The van der Waals surface area contributed by atoms with Gasteiger partial charge in [-0.1, -0.05) is 66.7 Å². The quantitative estimate of drug-likeness (QED) is 0.345. The van der Waals surface area contributed by atoms with Crippen LogP contribution in [-0.4, -0.2) is 26.3 Å². The first kappa shape index (κ1) is 20.1. The Morgan fingerprint density at radius 2 is 1.00 bits per heavy atom. The van der Waals surface area contributed by atoms with E-state index in [0.717, 1.165) is 38.7 Å². The highest BCUT2D eigenvalue weighted by molar-refractivity contribution is 6.59. The van der Waals surface area contributed by atoms with Crippen molar-refractivity contribution in [2.24, 2.45) is 0 Å². The van der Waals surface area contributed by atoms with Crippen LogP contribution in [0.25, 0.3) is 55.0 Å². The Morgan fingerprint density at radius 3 is 1.71 bits per heavy atom. The Hall–Kier alpha value is -4.32. The van der Waals surface area contributed by atoms with E-state index in [2.05, 4.69) is 88.0 Å². The van der Waals surface area contributed by atoms with E-state index in [4.69, 9.17) is 0 Å². The number of fused-ring (bicyclic) bond motifs is 6. The lowest BCUT2D eigenvalue weighted by Crippen LogP contribution is -2.29. The van der Waals surface area contributed by atoms with Gasteiger partial charge in [-0.2, -0.15) is 0 Å². The molecule has 35 heavy (non-hydrogen) atoms. The van der Waals surface area contributed by atoms with Gasteiger partial charge in [0.1, 0.15) is 0 Å². The number of hydrogen-bond acceptors (Lipinski definition) is 2. The van der Waals surface area contributed by atoms with Crippen molar-refractivity contribution >= 4 is 56.2 Å². The maximum Gasteiger partial charge on any atom is 0.488 e. The fraction of sp³-hybridized carbons (Fsp3) is 0. The van der Waals surface area contributed by atoms with Gasteiger partial charge in [0.2, 0.25) is 0 Å². The summed E-state index contributed by atoms with van der Waals surface area (Å²) in [7, 11) is -1.52. The first-order valence-electron chi connectivity index (χ1n) is 11.7. The number of aromatic nitrogens is 2. The molecule has 0 fully saturated rings. The summed E-state index contributed by atoms with van der Waals surface area (Å²) in [4.78, 5) is 0. The van der Waals surface area contributed by atoms with E-state index in [0.29, 0.717) is 5.46 Å². The lowest BCUT2D eigenvalue weighted by Gasteiger charge is -2.11. The van der Waals surface area contributed by atoms with Crippen molar-refractivity contribution in [1.29, 1.82) is 0 Å². The SMILES string of the molecule is OB(O)c1ccc2c3ccccc3n(-c3ccc4c(c3)c3ccccc3n4-c3ccccc3)c2c1. The largest absolute Gasteiger partial charge is 0.488 e. The summed E-state index contributed by atoms with van der Waals surface area (Å²) in [6.45, 7) is 0. The number of para-hydroxylation sites is 3. The van der Waals surface area contributed by atoms with Crippen molar-refractivity contribution in [2.45, 2.75) is 0 Å². The molecule has 0 spiro atoms. The van der Waals surface area contributed by atoms with Gasteiger partial charge in [-0.25, -0.2) is 0 Å². The van der Waals surface area contributed by atoms with E-state index in [-0.39, 0.29) is 0 Å². The highest BCUT2D eigenvalue weighted by Crippen LogP contribution is 2.36. The number of rotatable bonds is 3. The van der Waals surface area contributed by atoms with Gasteiger partial charge >= 0.3 is 7.12 Å². The van der Waals surface area contributed by atoms with Crippen LogP contribution in [0.1, 0.15) is 0 Å². The van der Waals surface area contributed by atoms with E-state index >= 15 is 0 Å². The molecule has 0 atom stereocenters. The third kappa shape index (κ3) is 2.96. The first-order chi connectivity index (χ1) is 17.2. The molecule has 0 bridgehead atoms. The van der Waals surface area contributed by atoms with Gasteiger partial charge in [-0.3, -0.25) is 0 Å². The molecule has 0 radical (unpaired) electrons. The molecule has 2 N–H and O–H groups in total. The monoisotopic (exact) mass is 452 g/mol. The van der Waals surface area contributed by atoms with Crippen LogP contribution in [0.3, 0.4) is 0 Å². The molecular formula is C30H21BN2O2. The molecule has 0 unspecified atom stereocenters. The second-order valence-electron chi connectivity index (χ2n) is 8.89. The standard InChI is InChI=1S/C30H21BN2O2/c34-31(35)20-14-16-25-23-10-4-6-12-27(23)33(30(25)18-20)22-15-17-29-26(19-22)24-11-5-7-13-28(24)32(29)21-8-2-1-3-9-21/h1-19,34-35H. The minimum atomic E-state index is -1.52. The van der Waals surface area contributed by atoms with Crippen LogP contribution in [0, 0.1) is 0 Å². The van der Waals surface area contributed by atoms with Crippen molar-refractivity contribution in [1.82, 2.24) is 9.13 Å². The van der Waals surface area contributed by atoms with Gasteiger partial charge in [-0.15, -0.1) is 0 Å². The average Bonchev–Trinajstić information content (AvgIpc) is 3.41. The third-order valence-corrected chi connectivity index (χ3v) is 6.92. The maximum absolute atomic E-state index is 9.83. The van der Waals surface area contributed by atoms with E-state index in [1.54, 1.807) is 6.07 Å². The average molecular weight is 452 g/mol. The molecule has 2 heterocycles. The summed E-state index contributed by atoms with van der Waals surface area (Å²) in [6, 6.07) is 39.4. The van der Waals surface area contributed by atoms with Gasteiger partial charge in [-0.05, 0) is 54.0 Å². The number of hydrogen-bond donors (Lipinski definition) is 2. The Kier molecular flexibility index (Phi) is 4.36. The molecule has 5 aromatic carbocycles. The second-order valence-corrected chi connectivity index (χ2v) is 8.89. The fourth-order valence-corrected chi connectivity index (χ4v) is 5.38. The van der Waals surface area contributed by atoms with E-state index in [1.165, 1.54) is 16.3 Å². The van der Waals surface area contributed by atoms with E-state index < -0.39 is 7.12 Å². The highest BCUT2D eigenvalue weighted by atomic mass is 16.4. The molecule has 0 saturated heterocycles. The molecule has 0 saturated carbocycles. The summed E-state index contributed by atoms with van der Waals surface area (Å²) in [5, 5.41) is 24.2. The zero-order valence-corrected chi connectivity index (χ0v) is 18.8. The van der Waals surface area contributed by atoms with Crippen LogP contribution in [0.2, 0.25) is 0 Å². The molecule has 0 aliphatic carbocycles. The van der Waals surface area contributed by atoms with Crippen molar-refractivity contribution in [3.8, 4) is 11.4 Å². The van der Waals surface area contributed by atoms with Crippen LogP contribution < -0.4 is 5.46 Å². The van der Waals surface area contributed by atoms with Crippen LogP contribution in [-0.2, 0) is 0 Å². The van der Waals surface area contributed by atoms with Gasteiger partial charge < -0.3 is 19.2 Å². The van der Waals surface area contributed by atoms with E-state index in [1.807, 2.05) is 30.3 Å². The Balaban J connectivity index is 1.57. The molecular weight excluding hydrogens is 431 g/mol. The molecule has 2 aromatic heterocycles. The molecule has 7 rings (SSSR count). The summed E-state index contributed by atoms with van der Waals surface area (Å²) in [5.74, 6) is 0. The molecule has 5 heteroatoms. The summed E-state index contributed by atoms with van der Waals surface area (Å²) in [5.41, 5.74) is 6.98. The van der Waals surface area contributed by atoms with Gasteiger partial charge in [0.25, 0.3) is 0 Å². The molecule has 7 aromatic rings. The molecule has 0 aliphatic rings. The van der Waals surface area contributed by atoms with Crippen molar-refractivity contribution in [2.75, 3.05) is 0 Å². The molecule has 0 amide bonds. The predicted octanol–water partition coefficient (Wildman–Crippen LogP) is 5.56. The zero-order valence-electron chi connectivity index (χ0n) is 18.8. The lowest BCUT2D eigenvalue weighted by atomic mass is 9.80. The Labute approximate surface area is 202 Å². The summed E-state index contributed by atoms with van der Waals surface area (Å²) in [6.07, 6.45) is 0. The van der Waals surface area contributed by atoms with Crippen LogP contribution in [0.15, 0.2) is 115 Å². The normalized spacial score (nSPS) is 11.7. The predicted molar refractivity (Wildman–Crippen MR) is 145 cm³/mol. The van der Waals surface area contributed by atoms with E-state index in [9.17, 15) is 10.0 Å². The molecule has 0 aliphatic heterocycles. The fourth-order valence-electron chi connectivity index (χ4n) is 5.38. The lowest BCUT2D eigenvalue weighted by molar-refractivity contribution is 0.426. The first-order valence-corrected chi connectivity index (χ1v) is 11.7. The van der Waals surface area contributed by atoms with Crippen LogP contribution >= 0.6 is 0 Å². The minimum Gasteiger partial charge on any atom is -0.423 e. The maximum atomic E-state index is 9.83. The Morgan fingerprint density at radius 1 is 0.429 bits per heavy atom. The number of benzene rings is 5. The van der Waals surface area contributed by atoms with Gasteiger partial charge in [0.15, 0.2) is 0 Å². The topological polar surface area (TPSA) is 50.3 Å². The zero-order chi connectivity index (χ0) is 23.5. The smallest absolute Gasteiger partial charge is 0.423 e. The minimum absolute atomic E-state index is 0.475. The third-order valence-electron chi connectivity index (χ3n) is 6.92.